The first-order valence-corrected chi connectivity index (χ1v) is 5.26. The summed E-state index contributed by atoms with van der Waals surface area (Å²) in [5, 5.41) is 21.2. The predicted octanol–water partition coefficient (Wildman–Crippen LogP) is 1.87. The van der Waals surface area contributed by atoms with Gasteiger partial charge in [-0.3, -0.25) is 0 Å². The predicted molar refractivity (Wildman–Crippen MR) is 59.2 cm³/mol. The Labute approximate surface area is 98.7 Å². The number of nitriles is 1. The molecule has 0 saturated heterocycles. The Hall–Kier alpha value is -1.51. The van der Waals surface area contributed by atoms with Gasteiger partial charge in [0.05, 0.1) is 11.7 Å². The van der Waals surface area contributed by atoms with Crippen LogP contribution in [0.3, 0.4) is 0 Å². The molecule has 1 rings (SSSR count). The molecule has 17 heavy (non-hydrogen) atoms. The van der Waals surface area contributed by atoms with Crippen molar-refractivity contribution < 1.29 is 13.9 Å². The number of rotatable bonds is 4. The van der Waals surface area contributed by atoms with Gasteiger partial charge in [-0.1, -0.05) is 13.8 Å². The van der Waals surface area contributed by atoms with E-state index < -0.39 is 23.3 Å². The maximum atomic E-state index is 13.7. The third-order valence-corrected chi connectivity index (χ3v) is 2.26. The number of benzene rings is 1. The zero-order valence-electron chi connectivity index (χ0n) is 9.67. The van der Waals surface area contributed by atoms with Crippen molar-refractivity contribution in [2.45, 2.75) is 26.0 Å². The lowest BCUT2D eigenvalue weighted by Gasteiger charge is -2.15. The van der Waals surface area contributed by atoms with E-state index in [1.165, 1.54) is 0 Å². The zero-order valence-corrected chi connectivity index (χ0v) is 9.67. The molecule has 0 aliphatic carbocycles. The first-order valence-electron chi connectivity index (χ1n) is 5.26. The molecule has 1 aromatic carbocycles. The molecule has 1 atom stereocenters. The summed E-state index contributed by atoms with van der Waals surface area (Å²) in [7, 11) is 0. The molecule has 0 heterocycles. The molecule has 0 amide bonds. The third kappa shape index (κ3) is 3.48. The minimum absolute atomic E-state index is 0.100. The number of nitrogens with zero attached hydrogens (tertiary/aromatic N) is 1. The molecule has 3 nitrogen and oxygen atoms in total. The van der Waals surface area contributed by atoms with Gasteiger partial charge in [0.2, 0.25) is 0 Å². The fraction of sp³-hybridized carbons (Fsp3) is 0.417. The first kappa shape index (κ1) is 13.6. The number of aliphatic hydroxyl groups excluding tert-OH is 1. The van der Waals surface area contributed by atoms with Gasteiger partial charge in [0.1, 0.15) is 17.7 Å². The molecule has 0 aromatic heterocycles. The van der Waals surface area contributed by atoms with E-state index >= 15 is 0 Å². The molecular weight excluding hydrogens is 226 g/mol. The van der Waals surface area contributed by atoms with Gasteiger partial charge in [0.25, 0.3) is 0 Å². The highest BCUT2D eigenvalue weighted by atomic mass is 19.1. The van der Waals surface area contributed by atoms with E-state index in [-0.39, 0.29) is 18.2 Å². The van der Waals surface area contributed by atoms with Crippen molar-refractivity contribution in [2.75, 3.05) is 6.54 Å². The molecule has 0 aliphatic heterocycles. The molecule has 2 N–H and O–H groups in total. The molecule has 0 saturated carbocycles. The van der Waals surface area contributed by atoms with Crippen LogP contribution in [-0.4, -0.2) is 17.7 Å². The highest BCUT2D eigenvalue weighted by Gasteiger charge is 2.17. The van der Waals surface area contributed by atoms with E-state index in [2.05, 4.69) is 5.32 Å². The standard InChI is InChI=1S/C12H14F2N2O/c1-7(2)16-6-11(17)10-4-9(13)3-8(5-15)12(10)14/h3-4,7,11,16-17H,6H2,1-2H3. The largest absolute Gasteiger partial charge is 0.387 e. The lowest BCUT2D eigenvalue weighted by Crippen LogP contribution is -2.28. The number of hydrogen-bond donors (Lipinski definition) is 2. The molecular formula is C12H14F2N2O. The first-order chi connectivity index (χ1) is 7.95. The van der Waals surface area contributed by atoms with Gasteiger partial charge >= 0.3 is 0 Å². The molecule has 0 bridgehead atoms. The van der Waals surface area contributed by atoms with Crippen molar-refractivity contribution in [1.29, 1.82) is 5.26 Å². The van der Waals surface area contributed by atoms with Crippen LogP contribution in [0, 0.1) is 23.0 Å². The average Bonchev–Trinajstić information content (AvgIpc) is 2.28. The van der Waals surface area contributed by atoms with Crippen molar-refractivity contribution >= 4 is 0 Å². The van der Waals surface area contributed by atoms with Crippen molar-refractivity contribution in [2.24, 2.45) is 0 Å². The maximum Gasteiger partial charge on any atom is 0.147 e. The number of hydrogen-bond acceptors (Lipinski definition) is 3. The summed E-state index contributed by atoms with van der Waals surface area (Å²) in [4.78, 5) is 0. The second-order valence-corrected chi connectivity index (χ2v) is 4.05. The molecule has 0 fully saturated rings. The van der Waals surface area contributed by atoms with Gasteiger partial charge < -0.3 is 10.4 Å². The summed E-state index contributed by atoms with van der Waals surface area (Å²) in [6.45, 7) is 3.84. The van der Waals surface area contributed by atoms with Crippen LogP contribution >= 0.6 is 0 Å². The lowest BCUT2D eigenvalue weighted by molar-refractivity contribution is 0.166. The van der Waals surface area contributed by atoms with Gasteiger partial charge in [0, 0.05) is 18.2 Å². The summed E-state index contributed by atoms with van der Waals surface area (Å²) in [6, 6.07) is 3.38. The summed E-state index contributed by atoms with van der Waals surface area (Å²) < 4.78 is 26.8. The molecule has 1 unspecified atom stereocenters. The molecule has 5 heteroatoms. The van der Waals surface area contributed by atoms with Crippen LogP contribution in [0.5, 0.6) is 0 Å². The quantitative estimate of drug-likeness (QED) is 0.844. The van der Waals surface area contributed by atoms with Crippen LogP contribution in [0.15, 0.2) is 12.1 Å². The van der Waals surface area contributed by atoms with E-state index in [1.54, 1.807) is 6.07 Å². The maximum absolute atomic E-state index is 13.7. The van der Waals surface area contributed by atoms with Crippen LogP contribution in [0.2, 0.25) is 0 Å². The minimum atomic E-state index is -1.18. The fourth-order valence-electron chi connectivity index (χ4n) is 1.39. The lowest BCUT2D eigenvalue weighted by atomic mass is 10.0. The molecule has 0 radical (unpaired) electrons. The van der Waals surface area contributed by atoms with E-state index in [0.717, 1.165) is 12.1 Å². The van der Waals surface area contributed by atoms with Crippen molar-refractivity contribution in [3.8, 4) is 6.07 Å². The second-order valence-electron chi connectivity index (χ2n) is 4.05. The summed E-state index contributed by atoms with van der Waals surface area (Å²) in [5.74, 6) is -1.60. The SMILES string of the molecule is CC(C)NCC(O)c1cc(F)cc(C#N)c1F. The van der Waals surface area contributed by atoms with Gasteiger partial charge in [-0.05, 0) is 12.1 Å². The number of halogens is 2. The Kier molecular flexibility index (Phi) is 4.55. The summed E-state index contributed by atoms with van der Waals surface area (Å²) >= 11 is 0. The Morgan fingerprint density at radius 3 is 2.59 bits per heavy atom. The smallest absolute Gasteiger partial charge is 0.147 e. The van der Waals surface area contributed by atoms with E-state index in [1.807, 2.05) is 13.8 Å². The molecule has 92 valence electrons. The summed E-state index contributed by atoms with van der Waals surface area (Å²) in [6.07, 6.45) is -1.18. The Balaban J connectivity index is 2.97. The average molecular weight is 240 g/mol. The number of aliphatic hydroxyl groups is 1. The molecule has 0 aliphatic rings. The van der Waals surface area contributed by atoms with Gasteiger partial charge in [-0.2, -0.15) is 5.26 Å². The highest BCUT2D eigenvalue weighted by molar-refractivity contribution is 5.36. The zero-order chi connectivity index (χ0) is 13.0. The van der Waals surface area contributed by atoms with Gasteiger partial charge in [-0.15, -0.1) is 0 Å². The number of nitrogens with one attached hydrogen (secondary N) is 1. The fourth-order valence-corrected chi connectivity index (χ4v) is 1.39. The molecule has 0 spiro atoms. The van der Waals surface area contributed by atoms with Crippen LogP contribution in [0.25, 0.3) is 0 Å². The molecule has 1 aromatic rings. The second kappa shape index (κ2) is 5.71. The third-order valence-electron chi connectivity index (χ3n) is 2.26. The van der Waals surface area contributed by atoms with E-state index in [0.29, 0.717) is 0 Å². The minimum Gasteiger partial charge on any atom is -0.387 e. The Bertz CT molecular complexity index is 441. The van der Waals surface area contributed by atoms with E-state index in [4.69, 9.17) is 5.26 Å². The van der Waals surface area contributed by atoms with Crippen LogP contribution in [0.1, 0.15) is 31.1 Å². The monoisotopic (exact) mass is 240 g/mol. The topological polar surface area (TPSA) is 56.0 Å². The van der Waals surface area contributed by atoms with Crippen LogP contribution < -0.4 is 5.32 Å². The Morgan fingerprint density at radius 1 is 1.41 bits per heavy atom. The normalized spacial score (nSPS) is 12.5. The van der Waals surface area contributed by atoms with E-state index in [9.17, 15) is 13.9 Å². The van der Waals surface area contributed by atoms with Gasteiger partial charge in [0.15, 0.2) is 0 Å². The summed E-state index contributed by atoms with van der Waals surface area (Å²) in [5.41, 5.74) is -0.599. The van der Waals surface area contributed by atoms with Gasteiger partial charge in [-0.25, -0.2) is 8.78 Å². The van der Waals surface area contributed by atoms with Crippen LogP contribution in [-0.2, 0) is 0 Å². The van der Waals surface area contributed by atoms with Crippen LogP contribution in [0.4, 0.5) is 8.78 Å². The van der Waals surface area contributed by atoms with Crippen molar-refractivity contribution in [3.05, 3.63) is 34.9 Å². The van der Waals surface area contributed by atoms with Crippen molar-refractivity contribution in [3.63, 3.8) is 0 Å². The highest BCUT2D eigenvalue weighted by Crippen LogP contribution is 2.21. The van der Waals surface area contributed by atoms with Crippen molar-refractivity contribution in [1.82, 2.24) is 5.32 Å². The Morgan fingerprint density at radius 2 is 2.06 bits per heavy atom.